The van der Waals surface area contributed by atoms with Crippen LogP contribution in [0.3, 0.4) is 0 Å². The minimum atomic E-state index is -0.385. The van der Waals surface area contributed by atoms with E-state index in [4.69, 9.17) is 4.74 Å². The average molecular weight is 332 g/mol. The van der Waals surface area contributed by atoms with Crippen LogP contribution in [-0.4, -0.2) is 30.3 Å². The first-order valence-electron chi connectivity index (χ1n) is 8.75. The Labute approximate surface area is 146 Å². The van der Waals surface area contributed by atoms with Crippen LogP contribution in [0.2, 0.25) is 0 Å². The maximum Gasteiger partial charge on any atom is 0.125 e. The molecule has 4 heteroatoms. The van der Waals surface area contributed by atoms with Crippen LogP contribution in [0.15, 0.2) is 29.8 Å². The molecule has 1 aromatic rings. The minimum Gasteiger partial charge on any atom is -0.633 e. The molecule has 0 fully saturated rings. The van der Waals surface area contributed by atoms with Crippen LogP contribution in [0.1, 0.15) is 45.7 Å². The molecule has 2 atom stereocenters. The Bertz CT molecular complexity index is 600. The second-order valence-electron chi connectivity index (χ2n) is 8.16. The smallest absolute Gasteiger partial charge is 0.125 e. The summed E-state index contributed by atoms with van der Waals surface area (Å²) in [6.07, 6.45) is 2.13. The van der Waals surface area contributed by atoms with Gasteiger partial charge in [0.05, 0.1) is 0 Å². The Morgan fingerprint density at radius 2 is 1.75 bits per heavy atom. The highest BCUT2D eigenvalue weighted by Gasteiger charge is 2.44. The Morgan fingerprint density at radius 1 is 1.17 bits per heavy atom. The molecule has 24 heavy (non-hydrogen) atoms. The van der Waals surface area contributed by atoms with Crippen molar-refractivity contribution in [3.05, 3.63) is 46.2 Å². The summed E-state index contributed by atoms with van der Waals surface area (Å²) in [6.45, 7) is 15.6. The van der Waals surface area contributed by atoms with Gasteiger partial charge in [-0.1, -0.05) is 18.2 Å². The summed E-state index contributed by atoms with van der Waals surface area (Å²) in [5.41, 5.74) is 2.75. The van der Waals surface area contributed by atoms with Crippen molar-refractivity contribution in [2.45, 2.75) is 65.6 Å². The quantitative estimate of drug-likeness (QED) is 0.622. The third-order valence-corrected chi connectivity index (χ3v) is 5.02. The van der Waals surface area contributed by atoms with Crippen LogP contribution in [0.5, 0.6) is 5.75 Å². The highest BCUT2D eigenvalue weighted by Crippen LogP contribution is 2.24. The molecule has 0 saturated carbocycles. The Kier molecular flexibility index (Phi) is 5.43. The standard InChI is InChI=1S/C20H32N2O2/c1-14-9-8-10-15(2)18(14)24-13-16(3)21-12-17-11-19(4,5)22(23)20(17,6)7/h8-11,16,21-22H,12-13H2,1-7H3. The summed E-state index contributed by atoms with van der Waals surface area (Å²) in [6, 6.07) is 6.39. The molecule has 0 spiro atoms. The summed E-state index contributed by atoms with van der Waals surface area (Å²) in [4.78, 5) is 0. The summed E-state index contributed by atoms with van der Waals surface area (Å²) >= 11 is 0. The van der Waals surface area contributed by atoms with Crippen molar-refractivity contribution >= 4 is 0 Å². The average Bonchev–Trinajstić information content (AvgIpc) is 2.64. The molecule has 1 aromatic carbocycles. The van der Waals surface area contributed by atoms with Gasteiger partial charge in [0.25, 0.3) is 0 Å². The van der Waals surface area contributed by atoms with Gasteiger partial charge in [0.15, 0.2) is 0 Å². The highest BCUT2D eigenvalue weighted by atomic mass is 16.5. The first-order chi connectivity index (χ1) is 11.1. The molecule has 4 nitrogen and oxygen atoms in total. The van der Waals surface area contributed by atoms with Crippen LogP contribution >= 0.6 is 0 Å². The van der Waals surface area contributed by atoms with E-state index in [1.165, 1.54) is 5.57 Å². The molecule has 134 valence electrons. The van der Waals surface area contributed by atoms with Gasteiger partial charge in [0.2, 0.25) is 0 Å². The number of nitrogens with one attached hydrogen (secondary N) is 2. The number of hydrogen-bond acceptors (Lipinski definition) is 3. The molecule has 2 unspecified atom stereocenters. The summed E-state index contributed by atoms with van der Waals surface area (Å²) < 4.78 is 6.01. The van der Waals surface area contributed by atoms with Crippen molar-refractivity contribution in [3.8, 4) is 5.75 Å². The van der Waals surface area contributed by atoms with Gasteiger partial charge in [-0.05, 0) is 65.7 Å². The van der Waals surface area contributed by atoms with E-state index in [-0.39, 0.29) is 17.1 Å². The van der Waals surface area contributed by atoms with Gasteiger partial charge in [-0.15, -0.1) is 0 Å². The number of hydrogen-bond donors (Lipinski definition) is 2. The molecule has 1 heterocycles. The Balaban J connectivity index is 1.91. The molecule has 1 aliphatic heterocycles. The number of ether oxygens (including phenoxy) is 1. The number of benzene rings is 1. The van der Waals surface area contributed by atoms with Gasteiger partial charge in [-0.3, -0.25) is 0 Å². The van der Waals surface area contributed by atoms with E-state index in [0.717, 1.165) is 23.4 Å². The van der Waals surface area contributed by atoms with E-state index >= 15 is 0 Å². The second kappa shape index (κ2) is 6.87. The Hall–Kier alpha value is -1.36. The third kappa shape index (κ3) is 3.82. The molecule has 0 aliphatic carbocycles. The molecular weight excluding hydrogens is 300 g/mol. The molecule has 0 bridgehead atoms. The summed E-state index contributed by atoms with van der Waals surface area (Å²) in [5.74, 6) is 0.975. The van der Waals surface area contributed by atoms with Crippen LogP contribution in [0, 0.1) is 19.1 Å². The molecule has 2 N–H and O–H groups in total. The highest BCUT2D eigenvalue weighted by molar-refractivity contribution is 5.39. The largest absolute Gasteiger partial charge is 0.633 e. The first-order valence-corrected chi connectivity index (χ1v) is 8.75. The van der Waals surface area contributed by atoms with Crippen LogP contribution in [-0.2, 0) is 0 Å². The maximum atomic E-state index is 12.5. The van der Waals surface area contributed by atoms with E-state index in [1.54, 1.807) is 0 Å². The van der Waals surface area contributed by atoms with E-state index in [9.17, 15) is 5.21 Å². The summed E-state index contributed by atoms with van der Waals surface area (Å²) in [5, 5.41) is 16.3. The van der Waals surface area contributed by atoms with Crippen molar-refractivity contribution in [2.24, 2.45) is 0 Å². The molecule has 0 aromatic heterocycles. The van der Waals surface area contributed by atoms with Gasteiger partial charge >= 0.3 is 0 Å². The topological polar surface area (TPSA) is 48.8 Å². The molecule has 0 amide bonds. The van der Waals surface area contributed by atoms with Crippen LogP contribution in [0.4, 0.5) is 0 Å². The van der Waals surface area contributed by atoms with Crippen LogP contribution in [0.25, 0.3) is 0 Å². The second-order valence-corrected chi connectivity index (χ2v) is 8.16. The number of quaternary nitrogens is 1. The fraction of sp³-hybridized carbons (Fsp3) is 0.600. The minimum absolute atomic E-state index is 0.208. The maximum absolute atomic E-state index is 12.5. The van der Waals surface area contributed by atoms with Crippen molar-refractivity contribution in [1.29, 1.82) is 0 Å². The summed E-state index contributed by atoms with van der Waals surface area (Å²) in [7, 11) is 0. The van der Waals surface area contributed by atoms with Gasteiger partial charge in [0.1, 0.15) is 23.4 Å². The lowest BCUT2D eigenvalue weighted by atomic mass is 9.96. The van der Waals surface area contributed by atoms with Gasteiger partial charge in [-0.2, -0.15) is 0 Å². The SMILES string of the molecule is Cc1cccc(C)c1OCC(C)NCC1=CC(C)(C)[NH+]([O-])C1(C)C. The third-order valence-electron chi connectivity index (χ3n) is 5.02. The molecule has 2 rings (SSSR count). The zero-order valence-electron chi connectivity index (χ0n) is 16.1. The molecule has 1 aliphatic rings. The molecular formula is C20H32N2O2. The fourth-order valence-corrected chi connectivity index (χ4v) is 3.48. The lowest BCUT2D eigenvalue weighted by molar-refractivity contribution is -0.927. The normalized spacial score (nSPS) is 23.0. The zero-order valence-corrected chi connectivity index (χ0v) is 16.1. The van der Waals surface area contributed by atoms with Crippen molar-refractivity contribution in [1.82, 2.24) is 5.32 Å². The van der Waals surface area contributed by atoms with E-state index in [0.29, 0.717) is 11.7 Å². The fourth-order valence-electron chi connectivity index (χ4n) is 3.48. The van der Waals surface area contributed by atoms with Gasteiger partial charge in [0, 0.05) is 18.2 Å². The van der Waals surface area contributed by atoms with Crippen molar-refractivity contribution in [3.63, 3.8) is 0 Å². The monoisotopic (exact) mass is 332 g/mol. The lowest BCUT2D eigenvalue weighted by Crippen LogP contribution is -3.20. The number of rotatable bonds is 6. The van der Waals surface area contributed by atoms with E-state index in [2.05, 4.69) is 44.3 Å². The molecule has 0 saturated heterocycles. The number of aryl methyl sites for hydroxylation is 2. The lowest BCUT2D eigenvalue weighted by Gasteiger charge is -2.41. The van der Waals surface area contributed by atoms with E-state index < -0.39 is 0 Å². The number of hydroxylamine groups is 2. The molecule has 0 radical (unpaired) electrons. The van der Waals surface area contributed by atoms with Crippen molar-refractivity contribution < 1.29 is 9.80 Å². The number of para-hydroxylation sites is 1. The van der Waals surface area contributed by atoms with Gasteiger partial charge < -0.3 is 20.3 Å². The van der Waals surface area contributed by atoms with Crippen molar-refractivity contribution in [2.75, 3.05) is 13.2 Å². The predicted molar refractivity (Wildman–Crippen MR) is 99.4 cm³/mol. The van der Waals surface area contributed by atoms with Gasteiger partial charge in [-0.25, -0.2) is 0 Å². The van der Waals surface area contributed by atoms with E-state index in [1.807, 2.05) is 33.8 Å². The predicted octanol–water partition coefficient (Wildman–Crippen LogP) is 2.54. The Morgan fingerprint density at radius 3 is 2.25 bits per heavy atom. The van der Waals surface area contributed by atoms with Crippen LogP contribution < -0.4 is 15.1 Å². The zero-order chi connectivity index (χ0) is 18.1. The first kappa shape index (κ1) is 19.0.